The van der Waals surface area contributed by atoms with Gasteiger partial charge >= 0.3 is 12.2 Å². The summed E-state index contributed by atoms with van der Waals surface area (Å²) in [4.78, 5) is 20.6. The van der Waals surface area contributed by atoms with Gasteiger partial charge in [0.1, 0.15) is 0 Å². The van der Waals surface area contributed by atoms with Gasteiger partial charge in [-0.2, -0.15) is 13.2 Å². The molecule has 1 aliphatic rings. The molecule has 0 spiro atoms. The lowest BCUT2D eigenvalue weighted by molar-refractivity contribution is -0.137. The Balaban J connectivity index is 1.86. The number of urea groups is 1. The lowest BCUT2D eigenvalue weighted by Gasteiger charge is -2.26. The molecule has 5 nitrogen and oxygen atoms in total. The number of aryl methyl sites for hydroxylation is 1. The Morgan fingerprint density at radius 3 is 2.70 bits per heavy atom. The van der Waals surface area contributed by atoms with E-state index in [-0.39, 0.29) is 11.7 Å². The standard InChI is InChI=1S/C18H21F3N4OS/c1-11-22-14(10-27-11)16-5-4-8-25(16)17(26)23-13-9-12(18(19,20)21)6-7-15(13)24(2)3/h6-7,9-10,16H,4-5,8H2,1-3H3,(H,23,26). The fourth-order valence-electron chi connectivity index (χ4n) is 3.24. The van der Waals surface area contributed by atoms with E-state index in [2.05, 4.69) is 10.3 Å². The molecule has 1 aromatic carbocycles. The number of thiazole rings is 1. The quantitative estimate of drug-likeness (QED) is 0.800. The van der Waals surface area contributed by atoms with Gasteiger partial charge in [0, 0.05) is 26.0 Å². The van der Waals surface area contributed by atoms with Crippen LogP contribution in [0.3, 0.4) is 0 Å². The Hall–Kier alpha value is -2.29. The van der Waals surface area contributed by atoms with Crippen LogP contribution in [0.15, 0.2) is 23.6 Å². The van der Waals surface area contributed by atoms with Crippen molar-refractivity contribution in [3.8, 4) is 0 Å². The zero-order valence-corrected chi connectivity index (χ0v) is 16.1. The van der Waals surface area contributed by atoms with Crippen molar-refractivity contribution in [2.24, 2.45) is 0 Å². The second kappa shape index (κ2) is 7.38. The maximum atomic E-state index is 13.1. The number of amides is 2. The van der Waals surface area contributed by atoms with Crippen molar-refractivity contribution in [1.82, 2.24) is 9.88 Å². The van der Waals surface area contributed by atoms with Crippen molar-refractivity contribution in [3.05, 3.63) is 39.8 Å². The van der Waals surface area contributed by atoms with Crippen LogP contribution in [-0.2, 0) is 6.18 Å². The highest BCUT2D eigenvalue weighted by Gasteiger charge is 2.34. The van der Waals surface area contributed by atoms with Crippen LogP contribution in [0.4, 0.5) is 29.3 Å². The number of aromatic nitrogens is 1. The van der Waals surface area contributed by atoms with Crippen LogP contribution >= 0.6 is 11.3 Å². The number of anilines is 2. The summed E-state index contributed by atoms with van der Waals surface area (Å²) in [6.07, 6.45) is -2.85. The number of nitrogens with zero attached hydrogens (tertiary/aromatic N) is 3. The summed E-state index contributed by atoms with van der Waals surface area (Å²) in [5, 5.41) is 5.53. The largest absolute Gasteiger partial charge is 0.416 e. The normalized spacial score (nSPS) is 17.3. The molecule has 1 saturated heterocycles. The molecule has 27 heavy (non-hydrogen) atoms. The van der Waals surface area contributed by atoms with Crippen LogP contribution in [0.2, 0.25) is 0 Å². The highest BCUT2D eigenvalue weighted by Crippen LogP contribution is 2.37. The number of carbonyl (C=O) groups is 1. The third-order valence-corrected chi connectivity index (χ3v) is 5.33. The average Bonchev–Trinajstić information content (AvgIpc) is 3.22. The SMILES string of the molecule is Cc1nc(C2CCCN2C(=O)Nc2cc(C(F)(F)F)ccc2N(C)C)cs1. The predicted octanol–water partition coefficient (Wildman–Crippen LogP) is 4.91. The molecular weight excluding hydrogens is 377 g/mol. The molecule has 2 amide bonds. The molecule has 146 valence electrons. The number of hydrogen-bond donors (Lipinski definition) is 1. The van der Waals surface area contributed by atoms with E-state index in [0.717, 1.165) is 35.7 Å². The van der Waals surface area contributed by atoms with E-state index in [1.54, 1.807) is 23.9 Å². The van der Waals surface area contributed by atoms with Gasteiger partial charge in [-0.05, 0) is 38.0 Å². The van der Waals surface area contributed by atoms with Gasteiger partial charge in [0.15, 0.2) is 0 Å². The minimum atomic E-state index is -4.47. The molecule has 0 bridgehead atoms. The van der Waals surface area contributed by atoms with Gasteiger partial charge in [0.2, 0.25) is 0 Å². The van der Waals surface area contributed by atoms with Crippen LogP contribution < -0.4 is 10.2 Å². The van der Waals surface area contributed by atoms with Crippen LogP contribution in [0.5, 0.6) is 0 Å². The second-order valence-corrected chi connectivity index (χ2v) is 7.76. The van der Waals surface area contributed by atoms with E-state index < -0.39 is 17.8 Å². The molecule has 2 aromatic rings. The fourth-order valence-corrected chi connectivity index (χ4v) is 3.90. The van der Waals surface area contributed by atoms with Gasteiger partial charge in [0.25, 0.3) is 0 Å². The molecule has 3 rings (SSSR count). The lowest BCUT2D eigenvalue weighted by atomic mass is 10.1. The maximum absolute atomic E-state index is 13.1. The van der Waals surface area contributed by atoms with E-state index in [1.807, 2.05) is 12.3 Å². The topological polar surface area (TPSA) is 48.5 Å². The highest BCUT2D eigenvalue weighted by molar-refractivity contribution is 7.09. The van der Waals surface area contributed by atoms with Gasteiger partial charge in [-0.15, -0.1) is 11.3 Å². The fraction of sp³-hybridized carbons (Fsp3) is 0.444. The number of likely N-dealkylation sites (tertiary alicyclic amines) is 1. The maximum Gasteiger partial charge on any atom is 0.416 e. The van der Waals surface area contributed by atoms with E-state index in [4.69, 9.17) is 0 Å². The van der Waals surface area contributed by atoms with Gasteiger partial charge in [0.05, 0.1) is 33.7 Å². The monoisotopic (exact) mass is 398 g/mol. The molecule has 2 heterocycles. The number of carbonyl (C=O) groups excluding carboxylic acids is 1. The Bertz CT molecular complexity index is 834. The van der Waals surface area contributed by atoms with Crippen LogP contribution in [0, 0.1) is 6.92 Å². The average molecular weight is 398 g/mol. The first-order valence-corrected chi connectivity index (χ1v) is 9.43. The van der Waals surface area contributed by atoms with Crippen LogP contribution in [0.1, 0.15) is 35.1 Å². The first kappa shape index (κ1) is 19.5. The molecule has 0 saturated carbocycles. The van der Waals surface area contributed by atoms with Gasteiger partial charge < -0.3 is 15.1 Å². The third-order valence-electron chi connectivity index (χ3n) is 4.54. The molecule has 1 atom stereocenters. The van der Waals surface area contributed by atoms with E-state index in [0.29, 0.717) is 12.2 Å². The number of benzene rings is 1. The molecule has 1 aromatic heterocycles. The first-order valence-electron chi connectivity index (χ1n) is 8.55. The number of alkyl halides is 3. The number of rotatable bonds is 3. The molecular formula is C18H21F3N4OS. The summed E-state index contributed by atoms with van der Waals surface area (Å²) < 4.78 is 39.2. The second-order valence-electron chi connectivity index (χ2n) is 6.70. The molecule has 1 N–H and O–H groups in total. The predicted molar refractivity (Wildman–Crippen MR) is 100 cm³/mol. The van der Waals surface area contributed by atoms with Crippen molar-refractivity contribution in [2.75, 3.05) is 30.9 Å². The molecule has 0 aliphatic carbocycles. The smallest absolute Gasteiger partial charge is 0.376 e. The van der Waals surface area contributed by atoms with Crippen molar-refractivity contribution in [2.45, 2.75) is 32.0 Å². The summed E-state index contributed by atoms with van der Waals surface area (Å²) in [5.74, 6) is 0. The highest BCUT2D eigenvalue weighted by atomic mass is 32.1. The number of hydrogen-bond acceptors (Lipinski definition) is 4. The van der Waals surface area contributed by atoms with Crippen LogP contribution in [0.25, 0.3) is 0 Å². The summed E-state index contributed by atoms with van der Waals surface area (Å²) in [7, 11) is 3.43. The molecule has 1 fully saturated rings. The van der Waals surface area contributed by atoms with E-state index >= 15 is 0 Å². The zero-order valence-electron chi connectivity index (χ0n) is 15.3. The summed E-state index contributed by atoms with van der Waals surface area (Å²) in [6, 6.07) is 2.80. The van der Waals surface area contributed by atoms with E-state index in [9.17, 15) is 18.0 Å². The molecule has 0 radical (unpaired) electrons. The van der Waals surface area contributed by atoms with Gasteiger partial charge in [-0.1, -0.05) is 0 Å². The number of halogens is 3. The van der Waals surface area contributed by atoms with Gasteiger partial charge in [-0.3, -0.25) is 0 Å². The zero-order chi connectivity index (χ0) is 19.8. The minimum absolute atomic E-state index is 0.139. The lowest BCUT2D eigenvalue weighted by Crippen LogP contribution is -2.35. The Kier molecular flexibility index (Phi) is 5.32. The summed E-state index contributed by atoms with van der Waals surface area (Å²) in [5.41, 5.74) is 0.690. The minimum Gasteiger partial charge on any atom is -0.376 e. The van der Waals surface area contributed by atoms with Crippen molar-refractivity contribution in [3.63, 3.8) is 0 Å². The molecule has 1 unspecified atom stereocenters. The Morgan fingerprint density at radius 1 is 1.37 bits per heavy atom. The Morgan fingerprint density at radius 2 is 2.11 bits per heavy atom. The van der Waals surface area contributed by atoms with Gasteiger partial charge in [-0.25, -0.2) is 9.78 Å². The third kappa shape index (κ3) is 4.18. The molecule has 9 heteroatoms. The molecule has 1 aliphatic heterocycles. The van der Waals surface area contributed by atoms with Crippen molar-refractivity contribution in [1.29, 1.82) is 0 Å². The van der Waals surface area contributed by atoms with Crippen molar-refractivity contribution >= 4 is 28.7 Å². The first-order chi connectivity index (χ1) is 12.7. The van der Waals surface area contributed by atoms with Crippen molar-refractivity contribution < 1.29 is 18.0 Å². The number of nitrogens with one attached hydrogen (secondary N) is 1. The van der Waals surface area contributed by atoms with E-state index in [1.165, 1.54) is 17.4 Å². The van der Waals surface area contributed by atoms with Crippen LogP contribution in [-0.4, -0.2) is 36.6 Å². The Labute approximate surface area is 159 Å². The summed E-state index contributed by atoms with van der Waals surface area (Å²) in [6.45, 7) is 2.45. The summed E-state index contributed by atoms with van der Waals surface area (Å²) >= 11 is 1.52.